The SMILES string of the molecule is COc1cccc([C@H](C)N2CCNCC2)c1F.Cl. The Morgan fingerprint density at radius 3 is 2.61 bits per heavy atom. The Bertz CT molecular complexity index is 383. The number of piperazine rings is 1. The van der Waals surface area contributed by atoms with Crippen LogP contribution in [0, 0.1) is 5.82 Å². The third kappa shape index (κ3) is 3.13. The number of rotatable bonds is 3. The highest BCUT2D eigenvalue weighted by Crippen LogP contribution is 2.28. The van der Waals surface area contributed by atoms with Gasteiger partial charge in [0.15, 0.2) is 11.6 Å². The van der Waals surface area contributed by atoms with E-state index in [9.17, 15) is 4.39 Å². The fourth-order valence-corrected chi connectivity index (χ4v) is 2.27. The predicted molar refractivity (Wildman–Crippen MR) is 73.1 cm³/mol. The van der Waals surface area contributed by atoms with Crippen molar-refractivity contribution in [2.45, 2.75) is 13.0 Å². The van der Waals surface area contributed by atoms with Crippen molar-refractivity contribution in [3.05, 3.63) is 29.6 Å². The van der Waals surface area contributed by atoms with Crippen molar-refractivity contribution in [2.24, 2.45) is 0 Å². The Kier molecular flexibility index (Phi) is 5.85. The van der Waals surface area contributed by atoms with E-state index in [1.54, 1.807) is 6.07 Å². The van der Waals surface area contributed by atoms with Gasteiger partial charge in [0.2, 0.25) is 0 Å². The second kappa shape index (κ2) is 6.92. The van der Waals surface area contributed by atoms with Gasteiger partial charge in [0.1, 0.15) is 0 Å². The minimum Gasteiger partial charge on any atom is -0.494 e. The highest BCUT2D eigenvalue weighted by Gasteiger charge is 2.21. The van der Waals surface area contributed by atoms with E-state index in [-0.39, 0.29) is 24.3 Å². The molecule has 1 aliphatic rings. The second-order valence-corrected chi connectivity index (χ2v) is 4.33. The van der Waals surface area contributed by atoms with E-state index in [1.807, 2.05) is 19.1 Å². The molecule has 1 aliphatic heterocycles. The van der Waals surface area contributed by atoms with Crippen molar-refractivity contribution in [1.29, 1.82) is 0 Å². The quantitative estimate of drug-likeness (QED) is 0.915. The van der Waals surface area contributed by atoms with E-state index in [2.05, 4.69) is 10.2 Å². The van der Waals surface area contributed by atoms with Crippen LogP contribution in [0.3, 0.4) is 0 Å². The van der Waals surface area contributed by atoms with Gasteiger partial charge in [-0.25, -0.2) is 4.39 Å². The number of halogens is 2. The molecule has 1 fully saturated rings. The molecule has 1 saturated heterocycles. The van der Waals surface area contributed by atoms with E-state index in [0.717, 1.165) is 26.2 Å². The van der Waals surface area contributed by atoms with Gasteiger partial charge in [-0.2, -0.15) is 0 Å². The number of nitrogens with zero attached hydrogens (tertiary/aromatic N) is 1. The summed E-state index contributed by atoms with van der Waals surface area (Å²) in [5, 5.41) is 3.30. The van der Waals surface area contributed by atoms with Gasteiger partial charge in [-0.1, -0.05) is 12.1 Å². The Hall–Kier alpha value is -0.840. The average Bonchev–Trinajstić information content (AvgIpc) is 2.39. The van der Waals surface area contributed by atoms with E-state index in [1.165, 1.54) is 7.11 Å². The molecule has 5 heteroatoms. The summed E-state index contributed by atoms with van der Waals surface area (Å²) in [6, 6.07) is 5.43. The Morgan fingerprint density at radius 2 is 2.00 bits per heavy atom. The van der Waals surface area contributed by atoms with Crippen LogP contribution in [0.15, 0.2) is 18.2 Å². The number of hydrogen-bond donors (Lipinski definition) is 1. The van der Waals surface area contributed by atoms with Crippen LogP contribution >= 0.6 is 12.4 Å². The molecule has 1 atom stereocenters. The van der Waals surface area contributed by atoms with E-state index >= 15 is 0 Å². The molecule has 0 spiro atoms. The Labute approximate surface area is 114 Å². The summed E-state index contributed by atoms with van der Waals surface area (Å²) in [5.41, 5.74) is 0.714. The smallest absolute Gasteiger partial charge is 0.169 e. The maximum absolute atomic E-state index is 14.1. The van der Waals surface area contributed by atoms with Gasteiger partial charge in [0, 0.05) is 37.8 Å². The highest BCUT2D eigenvalue weighted by atomic mass is 35.5. The second-order valence-electron chi connectivity index (χ2n) is 4.33. The minimum absolute atomic E-state index is 0. The molecule has 3 nitrogen and oxygen atoms in total. The zero-order valence-corrected chi connectivity index (χ0v) is 11.6. The fourth-order valence-electron chi connectivity index (χ4n) is 2.27. The van der Waals surface area contributed by atoms with Crippen molar-refractivity contribution in [3.63, 3.8) is 0 Å². The molecule has 18 heavy (non-hydrogen) atoms. The zero-order valence-electron chi connectivity index (χ0n) is 10.8. The molecule has 1 heterocycles. The van der Waals surface area contributed by atoms with Crippen molar-refractivity contribution >= 4 is 12.4 Å². The molecule has 102 valence electrons. The summed E-state index contributed by atoms with van der Waals surface area (Å²) in [6.45, 7) is 5.89. The lowest BCUT2D eigenvalue weighted by atomic mass is 10.1. The van der Waals surface area contributed by atoms with Crippen LogP contribution in [0.1, 0.15) is 18.5 Å². The zero-order chi connectivity index (χ0) is 12.3. The summed E-state index contributed by atoms with van der Waals surface area (Å²) in [4.78, 5) is 2.29. The lowest BCUT2D eigenvalue weighted by molar-refractivity contribution is 0.181. The summed E-state index contributed by atoms with van der Waals surface area (Å²) in [7, 11) is 1.50. The molecule has 2 rings (SSSR count). The molecule has 0 radical (unpaired) electrons. The summed E-state index contributed by atoms with van der Waals surface area (Å²) < 4.78 is 19.1. The Balaban J connectivity index is 0.00000162. The first-order chi connectivity index (χ1) is 8.24. The predicted octanol–water partition coefficient (Wildman–Crippen LogP) is 2.22. The van der Waals surface area contributed by atoms with Gasteiger partial charge < -0.3 is 10.1 Å². The number of nitrogens with one attached hydrogen (secondary N) is 1. The van der Waals surface area contributed by atoms with Gasteiger partial charge in [-0.3, -0.25) is 4.90 Å². The van der Waals surface area contributed by atoms with Crippen molar-refractivity contribution in [2.75, 3.05) is 33.3 Å². The topological polar surface area (TPSA) is 24.5 Å². The molecular formula is C13H20ClFN2O. The molecule has 0 saturated carbocycles. The van der Waals surface area contributed by atoms with Gasteiger partial charge in [-0.05, 0) is 13.0 Å². The van der Waals surface area contributed by atoms with Crippen LogP contribution in [0.25, 0.3) is 0 Å². The normalized spacial score (nSPS) is 17.9. The lowest BCUT2D eigenvalue weighted by Gasteiger charge is -2.33. The molecular weight excluding hydrogens is 255 g/mol. The van der Waals surface area contributed by atoms with Gasteiger partial charge in [0.25, 0.3) is 0 Å². The van der Waals surface area contributed by atoms with Crippen LogP contribution < -0.4 is 10.1 Å². The van der Waals surface area contributed by atoms with Crippen LogP contribution in [0.5, 0.6) is 5.75 Å². The molecule has 0 bridgehead atoms. The fraction of sp³-hybridized carbons (Fsp3) is 0.538. The molecule has 1 aromatic rings. The molecule has 1 N–H and O–H groups in total. The van der Waals surface area contributed by atoms with Crippen molar-refractivity contribution in [3.8, 4) is 5.75 Å². The number of hydrogen-bond acceptors (Lipinski definition) is 3. The maximum Gasteiger partial charge on any atom is 0.169 e. The van der Waals surface area contributed by atoms with Crippen molar-refractivity contribution < 1.29 is 9.13 Å². The number of ether oxygens (including phenoxy) is 1. The standard InChI is InChI=1S/C13H19FN2O.ClH/c1-10(16-8-6-15-7-9-16)11-4-3-5-12(17-2)13(11)14;/h3-5,10,15H,6-9H2,1-2H3;1H/t10-;/m0./s1. The van der Waals surface area contributed by atoms with Gasteiger partial charge in [-0.15, -0.1) is 12.4 Å². The third-order valence-electron chi connectivity index (χ3n) is 3.36. The van der Waals surface area contributed by atoms with E-state index in [0.29, 0.717) is 11.3 Å². The molecule has 0 aromatic heterocycles. The maximum atomic E-state index is 14.1. The largest absolute Gasteiger partial charge is 0.494 e. The molecule has 0 aliphatic carbocycles. The van der Waals surface area contributed by atoms with Gasteiger partial charge in [0.05, 0.1) is 7.11 Å². The summed E-state index contributed by atoms with van der Waals surface area (Å²) in [5.74, 6) is 0.0884. The van der Waals surface area contributed by atoms with Crippen LogP contribution in [-0.2, 0) is 0 Å². The average molecular weight is 275 g/mol. The van der Waals surface area contributed by atoms with Crippen LogP contribution in [-0.4, -0.2) is 38.2 Å². The molecule has 0 amide bonds. The van der Waals surface area contributed by atoms with E-state index in [4.69, 9.17) is 4.74 Å². The third-order valence-corrected chi connectivity index (χ3v) is 3.36. The van der Waals surface area contributed by atoms with E-state index < -0.39 is 0 Å². The van der Waals surface area contributed by atoms with Gasteiger partial charge >= 0.3 is 0 Å². The number of methoxy groups -OCH3 is 1. The monoisotopic (exact) mass is 274 g/mol. The van der Waals surface area contributed by atoms with Crippen LogP contribution in [0.2, 0.25) is 0 Å². The Morgan fingerprint density at radius 1 is 1.33 bits per heavy atom. The molecule has 0 unspecified atom stereocenters. The first kappa shape index (κ1) is 15.2. The molecule has 1 aromatic carbocycles. The number of benzene rings is 1. The highest BCUT2D eigenvalue weighted by molar-refractivity contribution is 5.85. The first-order valence-corrected chi connectivity index (χ1v) is 6.01. The minimum atomic E-state index is -0.235. The van der Waals surface area contributed by atoms with Crippen molar-refractivity contribution in [1.82, 2.24) is 10.2 Å². The first-order valence-electron chi connectivity index (χ1n) is 6.01. The summed E-state index contributed by atoms with van der Waals surface area (Å²) in [6.07, 6.45) is 0. The lowest BCUT2D eigenvalue weighted by Crippen LogP contribution is -2.44. The summed E-state index contributed by atoms with van der Waals surface area (Å²) >= 11 is 0. The van der Waals surface area contributed by atoms with Crippen LogP contribution in [0.4, 0.5) is 4.39 Å².